The molecule has 2 aromatic heterocycles. The number of rotatable bonds is 5. The lowest BCUT2D eigenvalue weighted by molar-refractivity contribution is -0.115. The Morgan fingerprint density at radius 2 is 1.76 bits per heavy atom. The summed E-state index contributed by atoms with van der Waals surface area (Å²) in [4.78, 5) is 36.9. The van der Waals surface area contributed by atoms with Gasteiger partial charge in [0.25, 0.3) is 5.91 Å². The Balaban J connectivity index is 1.18. The molecule has 10 heteroatoms. The van der Waals surface area contributed by atoms with Gasteiger partial charge in [0.1, 0.15) is 11.6 Å². The van der Waals surface area contributed by atoms with Crippen LogP contribution < -0.4 is 15.1 Å². The summed E-state index contributed by atoms with van der Waals surface area (Å²) in [5, 5.41) is 7.26. The highest BCUT2D eigenvalue weighted by Crippen LogP contribution is 2.40. The molecule has 0 bridgehead atoms. The lowest BCUT2D eigenvalue weighted by atomic mass is 9.93. The van der Waals surface area contributed by atoms with Gasteiger partial charge in [-0.25, -0.2) is 4.98 Å². The fraction of sp³-hybridized carbons (Fsp3) is 0.290. The molecule has 6 rings (SSSR count). The Labute approximate surface area is 243 Å². The van der Waals surface area contributed by atoms with Crippen molar-refractivity contribution in [3.05, 3.63) is 99.5 Å². The third-order valence-corrected chi connectivity index (χ3v) is 8.26. The standard InChI is InChI=1S/C31H31ClN6O3/c1-19-25(20(2)41-35-19)17-28(39)34-21-16-26(32)30(33-18-21)38-14-12-37(13-15-38)29-22-8-4-5-9-23(22)31(40)36(3)27-11-7-6-10-24(27)29/h4-11,16,18,29H,12-15,17H2,1-3H3,(H,34,39). The lowest BCUT2D eigenvalue weighted by Crippen LogP contribution is -2.48. The van der Waals surface area contributed by atoms with Crippen LogP contribution in [0, 0.1) is 13.8 Å². The van der Waals surface area contributed by atoms with Crippen LogP contribution in [0.2, 0.25) is 5.02 Å². The number of benzene rings is 2. The molecule has 2 aliphatic rings. The van der Waals surface area contributed by atoms with Gasteiger partial charge in [0.15, 0.2) is 0 Å². The highest BCUT2D eigenvalue weighted by molar-refractivity contribution is 6.33. The third kappa shape index (κ3) is 5.07. The van der Waals surface area contributed by atoms with E-state index >= 15 is 0 Å². The van der Waals surface area contributed by atoms with Crippen molar-refractivity contribution in [3.63, 3.8) is 0 Å². The number of amides is 2. The molecular weight excluding hydrogens is 540 g/mol. The summed E-state index contributed by atoms with van der Waals surface area (Å²) in [5.41, 5.74) is 5.83. The SMILES string of the molecule is Cc1noc(C)c1CC(=O)Nc1cnc(N2CCN(C3c4ccccc4C(=O)N(C)c4ccccc43)CC2)c(Cl)c1. The van der Waals surface area contributed by atoms with E-state index in [1.807, 2.05) is 50.4 Å². The Morgan fingerprint density at radius 1 is 1.05 bits per heavy atom. The molecule has 0 saturated carbocycles. The second-order valence-electron chi connectivity index (χ2n) is 10.5. The normalized spacial score (nSPS) is 17.2. The minimum atomic E-state index is -0.188. The topological polar surface area (TPSA) is 94.8 Å². The first kappa shape index (κ1) is 27.0. The number of carbonyl (C=O) groups excluding carboxylic acids is 2. The van der Waals surface area contributed by atoms with Gasteiger partial charge in [-0.1, -0.05) is 53.2 Å². The summed E-state index contributed by atoms with van der Waals surface area (Å²) in [6, 6.07) is 17.7. The van der Waals surface area contributed by atoms with E-state index in [0.29, 0.717) is 28.0 Å². The first-order valence-electron chi connectivity index (χ1n) is 13.6. The van der Waals surface area contributed by atoms with Gasteiger partial charge in [-0.3, -0.25) is 14.5 Å². The zero-order valence-corrected chi connectivity index (χ0v) is 24.0. The van der Waals surface area contributed by atoms with Gasteiger partial charge >= 0.3 is 0 Å². The zero-order valence-electron chi connectivity index (χ0n) is 23.2. The van der Waals surface area contributed by atoms with Gasteiger partial charge < -0.3 is 19.6 Å². The van der Waals surface area contributed by atoms with Crippen LogP contribution in [0.5, 0.6) is 0 Å². The molecule has 9 nitrogen and oxygen atoms in total. The van der Waals surface area contributed by atoms with Crippen molar-refractivity contribution in [2.45, 2.75) is 26.3 Å². The fourth-order valence-corrected chi connectivity index (χ4v) is 6.13. The van der Waals surface area contributed by atoms with E-state index in [4.69, 9.17) is 16.1 Å². The summed E-state index contributed by atoms with van der Waals surface area (Å²) < 4.78 is 5.16. The number of piperazine rings is 1. The van der Waals surface area contributed by atoms with E-state index in [1.165, 1.54) is 0 Å². The number of fused-ring (bicyclic) bond motifs is 2. The summed E-state index contributed by atoms with van der Waals surface area (Å²) in [7, 11) is 1.84. The van der Waals surface area contributed by atoms with E-state index in [-0.39, 0.29) is 24.3 Å². The molecule has 1 unspecified atom stereocenters. The smallest absolute Gasteiger partial charge is 0.258 e. The van der Waals surface area contributed by atoms with Crippen molar-refractivity contribution < 1.29 is 14.1 Å². The van der Waals surface area contributed by atoms with Gasteiger partial charge in [0, 0.05) is 50.0 Å². The van der Waals surface area contributed by atoms with Crippen LogP contribution in [0.3, 0.4) is 0 Å². The number of nitrogens with zero attached hydrogens (tertiary/aromatic N) is 5. The highest BCUT2D eigenvalue weighted by Gasteiger charge is 2.35. The Morgan fingerprint density at radius 3 is 2.46 bits per heavy atom. The van der Waals surface area contributed by atoms with Crippen LogP contribution in [-0.4, -0.2) is 60.1 Å². The number of aryl methyl sites for hydroxylation is 2. The van der Waals surface area contributed by atoms with E-state index in [1.54, 1.807) is 24.1 Å². The molecule has 1 fully saturated rings. The fourth-order valence-electron chi connectivity index (χ4n) is 5.85. The van der Waals surface area contributed by atoms with Gasteiger partial charge in [-0.05, 0) is 43.2 Å². The molecule has 41 heavy (non-hydrogen) atoms. The van der Waals surface area contributed by atoms with Crippen LogP contribution >= 0.6 is 11.6 Å². The van der Waals surface area contributed by atoms with E-state index < -0.39 is 0 Å². The maximum atomic E-state index is 13.3. The van der Waals surface area contributed by atoms with Crippen molar-refractivity contribution in [2.24, 2.45) is 0 Å². The number of anilines is 3. The van der Waals surface area contributed by atoms with Crippen molar-refractivity contribution in [1.29, 1.82) is 0 Å². The number of halogens is 1. The van der Waals surface area contributed by atoms with Crippen LogP contribution in [0.15, 0.2) is 65.3 Å². The number of hydrogen-bond acceptors (Lipinski definition) is 7. The quantitative estimate of drug-likeness (QED) is 0.360. The summed E-state index contributed by atoms with van der Waals surface area (Å²) in [6.45, 7) is 6.57. The maximum Gasteiger partial charge on any atom is 0.258 e. The van der Waals surface area contributed by atoms with Crippen molar-refractivity contribution in [1.82, 2.24) is 15.0 Å². The first-order chi connectivity index (χ1) is 19.8. The second-order valence-corrected chi connectivity index (χ2v) is 10.9. The van der Waals surface area contributed by atoms with Gasteiger partial charge in [0.2, 0.25) is 5.91 Å². The molecule has 0 aliphatic carbocycles. The third-order valence-electron chi connectivity index (χ3n) is 7.99. The minimum absolute atomic E-state index is 0.00375. The number of para-hydroxylation sites is 1. The first-order valence-corrected chi connectivity index (χ1v) is 14.0. The molecule has 210 valence electrons. The number of aromatic nitrogens is 2. The predicted molar refractivity (Wildman–Crippen MR) is 159 cm³/mol. The Bertz CT molecular complexity index is 1610. The van der Waals surface area contributed by atoms with Crippen LogP contribution in [0.4, 0.5) is 17.2 Å². The van der Waals surface area contributed by atoms with Crippen molar-refractivity contribution in [3.8, 4) is 0 Å². The Kier molecular flexibility index (Phi) is 7.23. The average Bonchev–Trinajstić information content (AvgIpc) is 3.25. The number of hydrogen-bond donors (Lipinski definition) is 1. The summed E-state index contributed by atoms with van der Waals surface area (Å²) >= 11 is 6.67. The molecule has 0 radical (unpaired) electrons. The molecular formula is C31H31ClN6O3. The number of nitrogens with one attached hydrogen (secondary N) is 1. The Hall–Kier alpha value is -4.21. The number of carbonyl (C=O) groups is 2. The molecule has 4 heterocycles. The van der Waals surface area contributed by atoms with Crippen molar-refractivity contribution in [2.75, 3.05) is 48.3 Å². The summed E-state index contributed by atoms with van der Waals surface area (Å²) in [5.74, 6) is 1.14. The zero-order chi connectivity index (χ0) is 28.7. The molecule has 0 spiro atoms. The molecule has 2 aliphatic heterocycles. The van der Waals surface area contributed by atoms with Gasteiger partial charge in [-0.2, -0.15) is 0 Å². The number of pyridine rings is 1. The van der Waals surface area contributed by atoms with Crippen LogP contribution in [0.1, 0.15) is 44.5 Å². The molecule has 4 aromatic rings. The molecule has 2 amide bonds. The van der Waals surface area contributed by atoms with E-state index in [9.17, 15) is 9.59 Å². The highest BCUT2D eigenvalue weighted by atomic mass is 35.5. The second kappa shape index (κ2) is 11.0. The molecule has 1 atom stereocenters. The average molecular weight is 571 g/mol. The maximum absolute atomic E-state index is 13.3. The van der Waals surface area contributed by atoms with Crippen LogP contribution in [0.25, 0.3) is 0 Å². The van der Waals surface area contributed by atoms with E-state index in [0.717, 1.165) is 54.1 Å². The van der Waals surface area contributed by atoms with Crippen LogP contribution in [-0.2, 0) is 11.2 Å². The van der Waals surface area contributed by atoms with Crippen molar-refractivity contribution >= 4 is 40.6 Å². The molecule has 2 aromatic carbocycles. The molecule has 1 saturated heterocycles. The van der Waals surface area contributed by atoms with Gasteiger partial charge in [-0.15, -0.1) is 0 Å². The summed E-state index contributed by atoms with van der Waals surface area (Å²) in [6.07, 6.45) is 1.80. The van der Waals surface area contributed by atoms with E-state index in [2.05, 4.69) is 37.4 Å². The predicted octanol–water partition coefficient (Wildman–Crippen LogP) is 5.02. The molecule has 1 N–H and O–H groups in total. The minimum Gasteiger partial charge on any atom is -0.361 e. The lowest BCUT2D eigenvalue weighted by Gasteiger charge is -2.40. The largest absolute Gasteiger partial charge is 0.361 e. The monoisotopic (exact) mass is 570 g/mol. The van der Waals surface area contributed by atoms with Gasteiger partial charge in [0.05, 0.1) is 35.1 Å².